The highest BCUT2D eigenvalue weighted by atomic mass is 32.2. The Labute approximate surface area is 173 Å². The third-order valence-corrected chi connectivity index (χ3v) is 5.80. The highest BCUT2D eigenvalue weighted by Gasteiger charge is 2.29. The first-order valence-electron chi connectivity index (χ1n) is 9.39. The Morgan fingerprint density at radius 2 is 1.86 bits per heavy atom. The number of thioether (sulfide) groups is 1. The zero-order valence-electron chi connectivity index (χ0n) is 16.1. The quantitative estimate of drug-likeness (QED) is 0.629. The van der Waals surface area contributed by atoms with Gasteiger partial charge in [-0.3, -0.25) is 9.89 Å². The van der Waals surface area contributed by atoms with Gasteiger partial charge in [0.1, 0.15) is 11.0 Å². The maximum atomic E-state index is 13.2. The van der Waals surface area contributed by atoms with Crippen LogP contribution in [0.5, 0.6) is 5.75 Å². The molecule has 2 aromatic carbocycles. The Hall–Kier alpha value is -2.84. The largest absolute Gasteiger partial charge is 0.497 e. The second kappa shape index (κ2) is 9.11. The first-order chi connectivity index (χ1) is 14.2. The molecular weight excluding hydrogens is 388 g/mol. The zero-order valence-corrected chi connectivity index (χ0v) is 16.9. The minimum atomic E-state index is -0.409. The van der Waals surface area contributed by atoms with E-state index in [9.17, 15) is 4.79 Å². The number of benzene rings is 2. The van der Waals surface area contributed by atoms with E-state index in [1.807, 2.05) is 59.5 Å². The molecule has 0 aliphatic carbocycles. The lowest BCUT2D eigenvalue weighted by atomic mass is 10.1. The fourth-order valence-electron chi connectivity index (χ4n) is 3.12. The molecule has 0 bridgehead atoms. The van der Waals surface area contributed by atoms with Gasteiger partial charge >= 0.3 is 0 Å². The number of hydrogen-bond donors (Lipinski definition) is 1. The number of aromatic amines is 1. The number of carbonyl (C=O) groups excluding carboxylic acids is 1. The van der Waals surface area contributed by atoms with E-state index >= 15 is 0 Å². The van der Waals surface area contributed by atoms with Gasteiger partial charge in [0, 0.05) is 18.7 Å². The van der Waals surface area contributed by atoms with Gasteiger partial charge < -0.3 is 14.4 Å². The topological polar surface area (TPSA) is 80.3 Å². The molecule has 1 aliphatic rings. The number of H-pyrrole nitrogens is 1. The van der Waals surface area contributed by atoms with Crippen LogP contribution < -0.4 is 4.74 Å². The molecule has 7 nitrogen and oxygen atoms in total. The van der Waals surface area contributed by atoms with Gasteiger partial charge in [-0.15, -0.1) is 5.10 Å². The molecule has 1 unspecified atom stereocenters. The molecule has 0 saturated carbocycles. The van der Waals surface area contributed by atoms with E-state index in [0.29, 0.717) is 37.3 Å². The number of aromatic nitrogens is 3. The summed E-state index contributed by atoms with van der Waals surface area (Å²) in [7, 11) is 1.63. The Morgan fingerprint density at radius 3 is 2.55 bits per heavy atom. The molecule has 0 spiro atoms. The summed E-state index contributed by atoms with van der Waals surface area (Å²) in [6.45, 7) is 2.35. The van der Waals surface area contributed by atoms with Crippen LogP contribution in [0.3, 0.4) is 0 Å². The van der Waals surface area contributed by atoms with Crippen LogP contribution in [0.15, 0.2) is 59.8 Å². The molecule has 1 aliphatic heterocycles. The Kier molecular flexibility index (Phi) is 6.12. The van der Waals surface area contributed by atoms with Gasteiger partial charge in [-0.2, -0.15) is 0 Å². The predicted molar refractivity (Wildman–Crippen MR) is 111 cm³/mol. The van der Waals surface area contributed by atoms with Crippen LogP contribution in [0.25, 0.3) is 11.4 Å². The van der Waals surface area contributed by atoms with Crippen molar-refractivity contribution in [2.45, 2.75) is 10.4 Å². The van der Waals surface area contributed by atoms with Crippen molar-refractivity contribution in [1.82, 2.24) is 20.1 Å². The molecule has 1 aromatic heterocycles. The van der Waals surface area contributed by atoms with Crippen LogP contribution in [-0.2, 0) is 9.53 Å². The fraction of sp³-hybridized carbons (Fsp3) is 0.286. The second-order valence-corrected chi connectivity index (χ2v) is 7.61. The van der Waals surface area contributed by atoms with Crippen LogP contribution >= 0.6 is 11.8 Å². The normalized spacial score (nSPS) is 15.1. The summed E-state index contributed by atoms with van der Waals surface area (Å²) < 4.78 is 10.6. The lowest BCUT2D eigenvalue weighted by Gasteiger charge is -2.30. The third kappa shape index (κ3) is 4.60. The van der Waals surface area contributed by atoms with E-state index in [0.717, 1.165) is 16.9 Å². The second-order valence-electron chi connectivity index (χ2n) is 6.54. The van der Waals surface area contributed by atoms with Crippen LogP contribution in [0, 0.1) is 0 Å². The fourth-order valence-corrected chi connectivity index (χ4v) is 4.12. The highest BCUT2D eigenvalue weighted by molar-refractivity contribution is 8.00. The van der Waals surface area contributed by atoms with Crippen molar-refractivity contribution < 1.29 is 14.3 Å². The maximum Gasteiger partial charge on any atom is 0.240 e. The Bertz CT molecular complexity index is 940. The van der Waals surface area contributed by atoms with E-state index < -0.39 is 5.25 Å². The van der Waals surface area contributed by atoms with E-state index in [2.05, 4.69) is 15.2 Å². The molecule has 1 amide bonds. The number of nitrogens with one attached hydrogen (secondary N) is 1. The summed E-state index contributed by atoms with van der Waals surface area (Å²) in [6, 6.07) is 17.3. The summed E-state index contributed by atoms with van der Waals surface area (Å²) in [5.74, 6) is 1.49. The number of rotatable bonds is 6. The lowest BCUT2D eigenvalue weighted by molar-refractivity contribution is -0.134. The number of amides is 1. The average molecular weight is 410 g/mol. The van der Waals surface area contributed by atoms with E-state index in [-0.39, 0.29) is 5.91 Å². The van der Waals surface area contributed by atoms with Crippen LogP contribution in [-0.4, -0.2) is 59.4 Å². The Morgan fingerprint density at radius 1 is 1.14 bits per heavy atom. The number of ether oxygens (including phenoxy) is 2. The molecule has 0 radical (unpaired) electrons. The molecule has 3 aromatic rings. The van der Waals surface area contributed by atoms with Gasteiger partial charge in [-0.25, -0.2) is 4.98 Å². The molecule has 8 heteroatoms. The van der Waals surface area contributed by atoms with Crippen molar-refractivity contribution in [2.75, 3.05) is 33.4 Å². The maximum absolute atomic E-state index is 13.2. The minimum Gasteiger partial charge on any atom is -0.497 e. The smallest absolute Gasteiger partial charge is 0.240 e. The Balaban J connectivity index is 1.56. The van der Waals surface area contributed by atoms with Crippen LogP contribution in [0.1, 0.15) is 10.8 Å². The van der Waals surface area contributed by atoms with Crippen LogP contribution in [0.4, 0.5) is 0 Å². The third-order valence-electron chi connectivity index (χ3n) is 4.70. The molecule has 1 saturated heterocycles. The van der Waals surface area contributed by atoms with E-state index in [4.69, 9.17) is 9.47 Å². The number of methoxy groups -OCH3 is 1. The molecule has 2 heterocycles. The minimum absolute atomic E-state index is 0.0558. The summed E-state index contributed by atoms with van der Waals surface area (Å²) in [6.07, 6.45) is 0. The predicted octanol–water partition coefficient (Wildman–Crippen LogP) is 3.17. The van der Waals surface area contributed by atoms with Crippen LogP contribution in [0.2, 0.25) is 0 Å². The number of hydrogen-bond acceptors (Lipinski definition) is 6. The molecular formula is C21H22N4O3S. The van der Waals surface area contributed by atoms with E-state index in [1.54, 1.807) is 7.11 Å². The summed E-state index contributed by atoms with van der Waals surface area (Å²) >= 11 is 1.36. The first kappa shape index (κ1) is 19.5. The van der Waals surface area contributed by atoms with E-state index in [1.165, 1.54) is 11.8 Å². The van der Waals surface area contributed by atoms with Gasteiger partial charge in [-0.05, 0) is 29.8 Å². The molecule has 29 heavy (non-hydrogen) atoms. The molecule has 1 N–H and O–H groups in total. The molecule has 1 fully saturated rings. The van der Waals surface area contributed by atoms with Crippen molar-refractivity contribution in [3.05, 3.63) is 60.2 Å². The molecule has 4 rings (SSSR count). The van der Waals surface area contributed by atoms with Crippen molar-refractivity contribution in [2.24, 2.45) is 0 Å². The zero-order chi connectivity index (χ0) is 20.1. The molecule has 150 valence electrons. The van der Waals surface area contributed by atoms with Gasteiger partial charge in [0.2, 0.25) is 11.1 Å². The van der Waals surface area contributed by atoms with Crippen molar-refractivity contribution in [3.8, 4) is 17.1 Å². The summed E-state index contributed by atoms with van der Waals surface area (Å²) in [4.78, 5) is 19.7. The lowest BCUT2D eigenvalue weighted by Crippen LogP contribution is -2.42. The SMILES string of the molecule is COc1ccc(-c2nc(SC(C(=O)N3CCOCC3)c3ccccc3)n[nH]2)cc1. The number of nitrogens with zero attached hydrogens (tertiary/aromatic N) is 3. The van der Waals surface area contributed by atoms with Gasteiger partial charge in [-0.1, -0.05) is 42.1 Å². The monoisotopic (exact) mass is 410 g/mol. The van der Waals surface area contributed by atoms with Crippen molar-refractivity contribution in [3.63, 3.8) is 0 Å². The van der Waals surface area contributed by atoms with Crippen molar-refractivity contribution >= 4 is 17.7 Å². The standard InChI is InChI=1S/C21H22N4O3S/c1-27-17-9-7-16(8-10-17)19-22-21(24-23-19)29-18(15-5-3-2-4-6-15)20(26)25-11-13-28-14-12-25/h2-10,18H,11-14H2,1H3,(H,22,23,24). The average Bonchev–Trinajstić information content (AvgIpc) is 3.27. The van der Waals surface area contributed by atoms with Gasteiger partial charge in [0.05, 0.1) is 20.3 Å². The van der Waals surface area contributed by atoms with Gasteiger partial charge in [0.25, 0.3) is 0 Å². The molecule has 1 atom stereocenters. The van der Waals surface area contributed by atoms with Gasteiger partial charge in [0.15, 0.2) is 5.82 Å². The highest BCUT2D eigenvalue weighted by Crippen LogP contribution is 2.36. The first-order valence-corrected chi connectivity index (χ1v) is 10.3. The van der Waals surface area contributed by atoms with Crippen molar-refractivity contribution in [1.29, 1.82) is 0 Å². The number of morpholine rings is 1. The summed E-state index contributed by atoms with van der Waals surface area (Å²) in [5, 5.41) is 7.42. The summed E-state index contributed by atoms with van der Waals surface area (Å²) in [5.41, 5.74) is 1.84. The number of carbonyl (C=O) groups is 1.